The molecule has 0 saturated heterocycles. The predicted molar refractivity (Wildman–Crippen MR) is 98.2 cm³/mol. The van der Waals surface area contributed by atoms with E-state index in [4.69, 9.17) is 0 Å². The van der Waals surface area contributed by atoms with E-state index in [9.17, 15) is 18.4 Å². The van der Waals surface area contributed by atoms with Crippen LogP contribution in [0, 0.1) is 11.6 Å². The molecular formula is C20H22F2N2O2. The van der Waals surface area contributed by atoms with E-state index >= 15 is 0 Å². The first-order chi connectivity index (χ1) is 12.1. The van der Waals surface area contributed by atoms with Crippen LogP contribution < -0.4 is 10.2 Å². The molecule has 2 aromatic rings. The number of nitrogens with zero attached hydrogens (tertiary/aromatic N) is 1. The fourth-order valence-electron chi connectivity index (χ4n) is 2.62. The zero-order valence-electron chi connectivity index (χ0n) is 15.3. The molecule has 0 aromatic heterocycles. The predicted octanol–water partition coefficient (Wildman–Crippen LogP) is 4.25. The molecule has 0 heterocycles. The lowest BCUT2D eigenvalue weighted by Gasteiger charge is -2.24. The van der Waals surface area contributed by atoms with Gasteiger partial charge in [0.15, 0.2) is 11.6 Å². The maximum absolute atomic E-state index is 13.5. The monoisotopic (exact) mass is 360 g/mol. The Morgan fingerprint density at radius 2 is 1.69 bits per heavy atom. The third-order valence-corrected chi connectivity index (χ3v) is 3.91. The summed E-state index contributed by atoms with van der Waals surface area (Å²) in [6.45, 7) is 7.04. The van der Waals surface area contributed by atoms with E-state index in [1.807, 2.05) is 39.0 Å². The number of rotatable bonds is 4. The van der Waals surface area contributed by atoms with Crippen molar-refractivity contribution in [2.24, 2.45) is 0 Å². The second-order valence-electron chi connectivity index (χ2n) is 7.05. The number of anilines is 2. The smallest absolute Gasteiger partial charge is 0.244 e. The second kappa shape index (κ2) is 7.64. The molecule has 0 radical (unpaired) electrons. The summed E-state index contributed by atoms with van der Waals surface area (Å²) in [5.74, 6) is -2.97. The first-order valence-corrected chi connectivity index (χ1v) is 8.22. The minimum Gasteiger partial charge on any atom is -0.324 e. The second-order valence-corrected chi connectivity index (χ2v) is 7.05. The zero-order chi connectivity index (χ0) is 19.5. The van der Waals surface area contributed by atoms with E-state index in [-0.39, 0.29) is 17.6 Å². The number of benzene rings is 2. The molecule has 26 heavy (non-hydrogen) atoms. The summed E-state index contributed by atoms with van der Waals surface area (Å²) < 4.78 is 26.6. The average molecular weight is 360 g/mol. The van der Waals surface area contributed by atoms with Gasteiger partial charge in [0.25, 0.3) is 0 Å². The average Bonchev–Trinajstić information content (AvgIpc) is 2.54. The van der Waals surface area contributed by atoms with Crippen LogP contribution in [0.25, 0.3) is 0 Å². The molecule has 0 aliphatic carbocycles. The number of para-hydroxylation sites is 1. The molecule has 0 aliphatic rings. The quantitative estimate of drug-likeness (QED) is 0.886. The van der Waals surface area contributed by atoms with E-state index < -0.39 is 23.4 Å². The summed E-state index contributed by atoms with van der Waals surface area (Å²) in [6.07, 6.45) is 0. The molecule has 6 heteroatoms. The van der Waals surface area contributed by atoms with E-state index in [0.29, 0.717) is 5.69 Å². The molecule has 0 spiro atoms. The van der Waals surface area contributed by atoms with Crippen molar-refractivity contribution >= 4 is 23.2 Å². The first kappa shape index (κ1) is 19.6. The summed E-state index contributed by atoms with van der Waals surface area (Å²) >= 11 is 0. The van der Waals surface area contributed by atoms with Gasteiger partial charge < -0.3 is 10.2 Å². The molecule has 0 aliphatic heterocycles. The van der Waals surface area contributed by atoms with Crippen LogP contribution in [0.15, 0.2) is 42.5 Å². The van der Waals surface area contributed by atoms with Crippen molar-refractivity contribution in [2.75, 3.05) is 16.8 Å². The highest BCUT2D eigenvalue weighted by Gasteiger charge is 2.21. The maximum atomic E-state index is 13.5. The molecule has 0 unspecified atom stereocenters. The maximum Gasteiger partial charge on any atom is 0.244 e. The third kappa shape index (κ3) is 4.65. The largest absolute Gasteiger partial charge is 0.324 e. The normalized spacial score (nSPS) is 11.2. The topological polar surface area (TPSA) is 49.4 Å². The van der Waals surface area contributed by atoms with Gasteiger partial charge in [0.05, 0.1) is 0 Å². The minimum atomic E-state index is -1.08. The van der Waals surface area contributed by atoms with E-state index in [1.165, 1.54) is 13.0 Å². The number of carbonyl (C=O) groups is 2. The fraction of sp³-hybridized carbons (Fsp3) is 0.300. The molecule has 0 atom stereocenters. The van der Waals surface area contributed by atoms with Crippen LogP contribution in [0.3, 0.4) is 0 Å². The van der Waals surface area contributed by atoms with Gasteiger partial charge in [-0.05, 0) is 29.2 Å². The van der Waals surface area contributed by atoms with Crippen molar-refractivity contribution < 1.29 is 18.4 Å². The lowest BCUT2D eigenvalue weighted by Crippen LogP contribution is -2.37. The Morgan fingerprint density at radius 1 is 1.04 bits per heavy atom. The van der Waals surface area contributed by atoms with Gasteiger partial charge in [-0.2, -0.15) is 0 Å². The Morgan fingerprint density at radius 3 is 2.27 bits per heavy atom. The van der Waals surface area contributed by atoms with Crippen LogP contribution >= 0.6 is 0 Å². The van der Waals surface area contributed by atoms with Crippen molar-refractivity contribution in [2.45, 2.75) is 33.1 Å². The first-order valence-electron chi connectivity index (χ1n) is 8.22. The van der Waals surface area contributed by atoms with Crippen molar-refractivity contribution in [1.29, 1.82) is 0 Å². The van der Waals surface area contributed by atoms with Crippen molar-refractivity contribution in [3.63, 3.8) is 0 Å². The Kier molecular flexibility index (Phi) is 5.75. The van der Waals surface area contributed by atoms with Gasteiger partial charge in [-0.25, -0.2) is 8.78 Å². The van der Waals surface area contributed by atoms with Gasteiger partial charge >= 0.3 is 0 Å². The van der Waals surface area contributed by atoms with Crippen LogP contribution in [0.5, 0.6) is 0 Å². The molecule has 0 bridgehead atoms. The minimum absolute atomic E-state index is 0.121. The Balaban J connectivity index is 2.22. The van der Waals surface area contributed by atoms with Crippen molar-refractivity contribution in [3.05, 3.63) is 59.7 Å². The van der Waals surface area contributed by atoms with Gasteiger partial charge in [-0.3, -0.25) is 9.59 Å². The molecule has 4 nitrogen and oxygen atoms in total. The SMILES string of the molecule is CC(=O)N(CC(=O)Nc1ccccc1C(C)(C)C)c1ccc(F)c(F)c1. The molecule has 0 fully saturated rings. The highest BCUT2D eigenvalue weighted by atomic mass is 19.2. The number of hydrogen-bond acceptors (Lipinski definition) is 2. The molecule has 2 amide bonds. The van der Waals surface area contributed by atoms with Crippen molar-refractivity contribution in [1.82, 2.24) is 0 Å². The summed E-state index contributed by atoms with van der Waals surface area (Å²) in [5.41, 5.74) is 1.55. The van der Waals surface area contributed by atoms with E-state index in [2.05, 4.69) is 5.32 Å². The molecular weight excluding hydrogens is 338 g/mol. The van der Waals surface area contributed by atoms with Gasteiger partial charge in [-0.15, -0.1) is 0 Å². The van der Waals surface area contributed by atoms with Gasteiger partial charge in [0.1, 0.15) is 6.54 Å². The summed E-state index contributed by atoms with van der Waals surface area (Å²) in [6, 6.07) is 10.5. The van der Waals surface area contributed by atoms with E-state index in [1.54, 1.807) is 6.07 Å². The summed E-state index contributed by atoms with van der Waals surface area (Å²) in [4.78, 5) is 25.4. The van der Waals surface area contributed by atoms with Crippen LogP contribution in [-0.2, 0) is 15.0 Å². The Labute approximate surface area is 151 Å². The van der Waals surface area contributed by atoms with Crippen LogP contribution in [0.2, 0.25) is 0 Å². The van der Waals surface area contributed by atoms with Crippen LogP contribution in [0.4, 0.5) is 20.2 Å². The number of carbonyl (C=O) groups excluding carboxylic acids is 2. The number of nitrogens with one attached hydrogen (secondary N) is 1. The molecule has 1 N–H and O–H groups in total. The highest BCUT2D eigenvalue weighted by molar-refractivity contribution is 6.02. The number of amides is 2. The van der Waals surface area contributed by atoms with E-state index in [0.717, 1.165) is 22.6 Å². The lowest BCUT2D eigenvalue weighted by atomic mass is 9.86. The number of hydrogen-bond donors (Lipinski definition) is 1. The fourth-order valence-corrected chi connectivity index (χ4v) is 2.62. The van der Waals surface area contributed by atoms with Gasteiger partial charge in [0, 0.05) is 24.4 Å². The molecule has 2 rings (SSSR count). The number of halogens is 2. The van der Waals surface area contributed by atoms with Crippen LogP contribution in [0.1, 0.15) is 33.3 Å². The summed E-state index contributed by atoms with van der Waals surface area (Å²) in [7, 11) is 0. The Hall–Kier alpha value is -2.76. The van der Waals surface area contributed by atoms with Crippen LogP contribution in [-0.4, -0.2) is 18.4 Å². The zero-order valence-corrected chi connectivity index (χ0v) is 15.3. The standard InChI is InChI=1S/C20H22F2N2O2/c1-13(25)24(14-9-10-16(21)17(22)11-14)12-19(26)23-18-8-6-5-7-15(18)20(2,3)4/h5-11H,12H2,1-4H3,(H,23,26). The molecule has 0 saturated carbocycles. The lowest BCUT2D eigenvalue weighted by molar-refractivity contribution is -0.120. The molecule has 2 aromatic carbocycles. The molecule has 138 valence electrons. The third-order valence-electron chi connectivity index (χ3n) is 3.91. The Bertz CT molecular complexity index is 829. The van der Waals surface area contributed by atoms with Gasteiger partial charge in [0.2, 0.25) is 11.8 Å². The summed E-state index contributed by atoms with van der Waals surface area (Å²) in [5, 5.41) is 2.80. The highest BCUT2D eigenvalue weighted by Crippen LogP contribution is 2.29. The van der Waals surface area contributed by atoms with Gasteiger partial charge in [-0.1, -0.05) is 39.0 Å². The van der Waals surface area contributed by atoms with Crippen molar-refractivity contribution in [3.8, 4) is 0 Å².